The Kier molecular flexibility index (Phi) is 10.3. The van der Waals surface area contributed by atoms with E-state index in [2.05, 4.69) is 5.32 Å². The fourth-order valence-electron chi connectivity index (χ4n) is 3.46. The van der Waals surface area contributed by atoms with Crippen molar-refractivity contribution < 1.29 is 22.4 Å². The van der Waals surface area contributed by atoms with Gasteiger partial charge in [-0.15, -0.1) is 0 Å². The van der Waals surface area contributed by atoms with E-state index in [0.29, 0.717) is 18.5 Å². The summed E-state index contributed by atoms with van der Waals surface area (Å²) in [4.78, 5) is 27.8. The molecular weight excluding hydrogens is 481 g/mol. The van der Waals surface area contributed by atoms with E-state index in [0.717, 1.165) is 23.4 Å². The van der Waals surface area contributed by atoms with E-state index in [1.54, 1.807) is 19.1 Å². The number of para-hydroxylation sites is 1. The van der Waals surface area contributed by atoms with Crippen molar-refractivity contribution in [3.63, 3.8) is 0 Å². The number of benzene rings is 2. The van der Waals surface area contributed by atoms with Gasteiger partial charge in [-0.05, 0) is 42.7 Å². The molecule has 2 aromatic rings. The van der Waals surface area contributed by atoms with E-state index >= 15 is 0 Å². The number of halogens is 2. The number of unbranched alkanes of at least 4 members (excludes halogenated alkanes) is 1. The van der Waals surface area contributed by atoms with Crippen molar-refractivity contribution in [1.82, 2.24) is 10.2 Å². The van der Waals surface area contributed by atoms with Gasteiger partial charge in [-0.1, -0.05) is 56.1 Å². The molecule has 10 heteroatoms. The van der Waals surface area contributed by atoms with Crippen molar-refractivity contribution >= 4 is 39.1 Å². The molecule has 2 amide bonds. The van der Waals surface area contributed by atoms with E-state index < -0.39 is 34.3 Å². The Labute approximate surface area is 205 Å². The Morgan fingerprint density at radius 3 is 2.29 bits per heavy atom. The van der Waals surface area contributed by atoms with Gasteiger partial charge in [-0.3, -0.25) is 13.9 Å². The highest BCUT2D eigenvalue weighted by molar-refractivity contribution is 7.92. The molecular formula is C24H31ClFN3O4S. The van der Waals surface area contributed by atoms with E-state index in [1.165, 1.54) is 41.3 Å². The van der Waals surface area contributed by atoms with E-state index in [9.17, 15) is 22.4 Å². The third-order valence-corrected chi connectivity index (χ3v) is 6.73. The summed E-state index contributed by atoms with van der Waals surface area (Å²) >= 11 is 6.21. The first kappa shape index (κ1) is 27.6. The maximum absolute atomic E-state index is 13.5. The molecule has 0 aliphatic rings. The van der Waals surface area contributed by atoms with Crippen LogP contribution in [0.1, 0.15) is 38.7 Å². The first-order valence-corrected chi connectivity index (χ1v) is 13.3. The average molecular weight is 512 g/mol. The number of carbonyl (C=O) groups excluding carboxylic acids is 2. The molecule has 0 saturated carbocycles. The summed E-state index contributed by atoms with van der Waals surface area (Å²) in [7, 11) is -3.87. The lowest BCUT2D eigenvalue weighted by Gasteiger charge is -2.33. The molecule has 34 heavy (non-hydrogen) atoms. The highest BCUT2D eigenvalue weighted by Gasteiger charge is 2.32. The van der Waals surface area contributed by atoms with Gasteiger partial charge in [0.15, 0.2) is 0 Å². The van der Waals surface area contributed by atoms with Crippen LogP contribution >= 0.6 is 11.6 Å². The minimum atomic E-state index is -3.87. The molecule has 0 aliphatic heterocycles. The lowest BCUT2D eigenvalue weighted by Crippen LogP contribution is -2.52. The van der Waals surface area contributed by atoms with Crippen LogP contribution in [0.5, 0.6) is 0 Å². The second-order valence-corrected chi connectivity index (χ2v) is 10.3. The quantitative estimate of drug-likeness (QED) is 0.437. The number of nitrogens with zero attached hydrogens (tertiary/aromatic N) is 2. The number of amides is 2. The predicted octanol–water partition coefficient (Wildman–Crippen LogP) is 3.97. The normalized spacial score (nSPS) is 12.1. The lowest BCUT2D eigenvalue weighted by atomic mass is 10.1. The number of hydrogen-bond acceptors (Lipinski definition) is 4. The monoisotopic (exact) mass is 511 g/mol. The Bertz CT molecular complexity index is 1080. The second kappa shape index (κ2) is 12.7. The van der Waals surface area contributed by atoms with Crippen molar-refractivity contribution in [3.8, 4) is 0 Å². The van der Waals surface area contributed by atoms with Crippen LogP contribution in [0.4, 0.5) is 10.1 Å². The summed E-state index contributed by atoms with van der Waals surface area (Å²) in [5.74, 6) is -1.32. The van der Waals surface area contributed by atoms with Gasteiger partial charge in [-0.25, -0.2) is 12.8 Å². The fraction of sp³-hybridized carbons (Fsp3) is 0.417. The average Bonchev–Trinajstić information content (AvgIpc) is 2.78. The highest BCUT2D eigenvalue weighted by Crippen LogP contribution is 2.27. The third-order valence-electron chi connectivity index (χ3n) is 5.28. The third kappa shape index (κ3) is 7.70. The molecule has 0 saturated heterocycles. The second-order valence-electron chi connectivity index (χ2n) is 7.94. The predicted molar refractivity (Wildman–Crippen MR) is 133 cm³/mol. The summed E-state index contributed by atoms with van der Waals surface area (Å²) in [6.45, 7) is 3.72. The molecule has 0 heterocycles. The number of rotatable bonds is 12. The summed E-state index contributed by atoms with van der Waals surface area (Å²) in [6.07, 6.45) is 3.00. The number of anilines is 1. The minimum Gasteiger partial charge on any atom is -0.354 e. The van der Waals surface area contributed by atoms with Crippen LogP contribution in [0.25, 0.3) is 0 Å². The number of sulfonamides is 1. The van der Waals surface area contributed by atoms with E-state index in [1.807, 2.05) is 6.92 Å². The minimum absolute atomic E-state index is 0.0128. The molecule has 0 aliphatic carbocycles. The largest absolute Gasteiger partial charge is 0.354 e. The zero-order chi connectivity index (χ0) is 25.3. The highest BCUT2D eigenvalue weighted by atomic mass is 35.5. The van der Waals surface area contributed by atoms with Crippen molar-refractivity contribution in [2.75, 3.05) is 23.7 Å². The maximum atomic E-state index is 13.5. The van der Waals surface area contributed by atoms with Crippen molar-refractivity contribution in [3.05, 3.63) is 64.9 Å². The van der Waals surface area contributed by atoms with Crippen LogP contribution in [0.3, 0.4) is 0 Å². The van der Waals surface area contributed by atoms with Gasteiger partial charge in [0.1, 0.15) is 18.4 Å². The van der Waals surface area contributed by atoms with Crippen LogP contribution in [-0.4, -0.2) is 50.5 Å². The fourth-order valence-corrected chi connectivity index (χ4v) is 4.61. The summed E-state index contributed by atoms with van der Waals surface area (Å²) in [5.41, 5.74) is 0.778. The number of hydrogen-bond donors (Lipinski definition) is 1. The van der Waals surface area contributed by atoms with Crippen molar-refractivity contribution in [2.24, 2.45) is 0 Å². The molecule has 2 rings (SSSR count). The number of nitrogens with one attached hydrogen (secondary N) is 1. The van der Waals surface area contributed by atoms with Crippen LogP contribution < -0.4 is 9.62 Å². The van der Waals surface area contributed by atoms with Crippen molar-refractivity contribution in [1.29, 1.82) is 0 Å². The van der Waals surface area contributed by atoms with Gasteiger partial charge >= 0.3 is 0 Å². The Balaban J connectivity index is 2.40. The van der Waals surface area contributed by atoms with Crippen LogP contribution in [0, 0.1) is 5.82 Å². The van der Waals surface area contributed by atoms with Gasteiger partial charge in [0, 0.05) is 13.1 Å². The SMILES string of the molecule is CCCCNC(=O)C(CC)N(Cc1ccc(F)cc1)C(=O)CN(c1ccccc1Cl)S(C)(=O)=O. The Morgan fingerprint density at radius 2 is 1.74 bits per heavy atom. The maximum Gasteiger partial charge on any atom is 0.244 e. The van der Waals surface area contributed by atoms with Crippen molar-refractivity contribution in [2.45, 2.75) is 45.7 Å². The summed E-state index contributed by atoms with van der Waals surface area (Å²) in [5, 5.41) is 3.02. The molecule has 0 spiro atoms. The van der Waals surface area contributed by atoms with Crippen LogP contribution in [0.15, 0.2) is 48.5 Å². The van der Waals surface area contributed by atoms with Crippen LogP contribution in [-0.2, 0) is 26.2 Å². The molecule has 1 atom stereocenters. The molecule has 0 aromatic heterocycles. The van der Waals surface area contributed by atoms with Gasteiger partial charge in [-0.2, -0.15) is 0 Å². The topological polar surface area (TPSA) is 86.8 Å². The first-order valence-electron chi connectivity index (χ1n) is 11.1. The molecule has 2 aromatic carbocycles. The molecule has 7 nitrogen and oxygen atoms in total. The van der Waals surface area contributed by atoms with Gasteiger partial charge in [0.2, 0.25) is 21.8 Å². The lowest BCUT2D eigenvalue weighted by molar-refractivity contribution is -0.140. The smallest absolute Gasteiger partial charge is 0.244 e. The van der Waals surface area contributed by atoms with Gasteiger partial charge < -0.3 is 10.2 Å². The molecule has 0 fully saturated rings. The van der Waals surface area contributed by atoms with Gasteiger partial charge in [0.25, 0.3) is 0 Å². The van der Waals surface area contributed by atoms with E-state index in [-0.39, 0.29) is 23.2 Å². The zero-order valence-electron chi connectivity index (χ0n) is 19.6. The first-order chi connectivity index (χ1) is 16.1. The summed E-state index contributed by atoms with van der Waals surface area (Å²) in [6, 6.07) is 11.1. The van der Waals surface area contributed by atoms with Gasteiger partial charge in [0.05, 0.1) is 17.0 Å². The zero-order valence-corrected chi connectivity index (χ0v) is 21.2. The molecule has 0 radical (unpaired) electrons. The Hall–Kier alpha value is -2.65. The van der Waals surface area contributed by atoms with E-state index in [4.69, 9.17) is 11.6 Å². The molecule has 186 valence electrons. The van der Waals surface area contributed by atoms with Crippen LogP contribution in [0.2, 0.25) is 5.02 Å². The Morgan fingerprint density at radius 1 is 1.09 bits per heavy atom. The summed E-state index contributed by atoms with van der Waals surface area (Å²) < 4.78 is 39.5. The molecule has 1 unspecified atom stereocenters. The number of carbonyl (C=O) groups is 2. The molecule has 0 bridgehead atoms. The molecule has 1 N–H and O–H groups in total. The standard InChI is InChI=1S/C24H31ClFN3O4S/c1-4-6-15-27-24(31)21(5-2)28(16-18-11-13-19(26)14-12-18)23(30)17-29(34(3,32)33)22-10-8-7-9-20(22)25/h7-14,21H,4-6,15-17H2,1-3H3,(H,27,31).